The van der Waals surface area contributed by atoms with Gasteiger partial charge in [0.1, 0.15) is 6.61 Å². The highest BCUT2D eigenvalue weighted by Gasteiger charge is 2.13. The van der Waals surface area contributed by atoms with E-state index in [0.29, 0.717) is 23.3 Å². The molecule has 0 spiro atoms. The van der Waals surface area contributed by atoms with Gasteiger partial charge in [0.05, 0.1) is 26.3 Å². The van der Waals surface area contributed by atoms with Gasteiger partial charge in [-0.3, -0.25) is 10.1 Å². The average molecular weight is 422 g/mol. The fourth-order valence-corrected chi connectivity index (χ4v) is 2.88. The zero-order chi connectivity index (χ0) is 22.4. The van der Waals surface area contributed by atoms with E-state index in [1.807, 2.05) is 12.1 Å². The highest BCUT2D eigenvalue weighted by molar-refractivity contribution is 5.80. The molecule has 0 N–H and O–H groups in total. The average Bonchev–Trinajstić information content (AvgIpc) is 2.81. The van der Waals surface area contributed by atoms with Gasteiger partial charge in [-0.15, -0.1) is 0 Å². The van der Waals surface area contributed by atoms with Gasteiger partial charge in [-0.1, -0.05) is 12.6 Å². The lowest BCUT2D eigenvalue weighted by Gasteiger charge is -2.14. The predicted octanol–water partition coefficient (Wildman–Crippen LogP) is 4.66. The van der Waals surface area contributed by atoms with Gasteiger partial charge in [-0.05, 0) is 46.5 Å². The van der Waals surface area contributed by atoms with Gasteiger partial charge in [-0.2, -0.15) is 4.98 Å². The lowest BCUT2D eigenvalue weighted by molar-refractivity contribution is -0.384. The smallest absolute Gasteiger partial charge is 0.269 e. The summed E-state index contributed by atoms with van der Waals surface area (Å²) < 4.78 is 21.8. The maximum absolute atomic E-state index is 10.8. The minimum atomic E-state index is -0.439. The van der Waals surface area contributed by atoms with Crippen LogP contribution in [0.5, 0.6) is 23.3 Å². The zero-order valence-corrected chi connectivity index (χ0v) is 17.5. The molecule has 8 heteroatoms. The Labute approximate surface area is 179 Å². The molecule has 160 valence electrons. The van der Waals surface area contributed by atoms with E-state index in [4.69, 9.17) is 18.9 Å². The van der Waals surface area contributed by atoms with Crippen LogP contribution in [0.2, 0.25) is 0 Å². The number of nitro benzene ring substituents is 1. The first-order valence-electron chi connectivity index (χ1n) is 9.29. The number of aromatic nitrogens is 1. The van der Waals surface area contributed by atoms with Gasteiger partial charge in [0.25, 0.3) is 5.69 Å². The van der Waals surface area contributed by atoms with E-state index >= 15 is 0 Å². The van der Waals surface area contributed by atoms with Crippen LogP contribution in [0.4, 0.5) is 5.69 Å². The highest BCUT2D eigenvalue weighted by atomic mass is 16.6. The van der Waals surface area contributed by atoms with E-state index in [1.54, 1.807) is 37.4 Å². The highest BCUT2D eigenvalue weighted by Crippen LogP contribution is 2.34. The third kappa shape index (κ3) is 5.11. The van der Waals surface area contributed by atoms with Gasteiger partial charge in [0.2, 0.25) is 11.8 Å². The number of hydrogen-bond acceptors (Lipinski definition) is 7. The predicted molar refractivity (Wildman–Crippen MR) is 116 cm³/mol. The summed E-state index contributed by atoms with van der Waals surface area (Å²) in [4.78, 5) is 14.6. The number of rotatable bonds is 9. The Bertz CT molecular complexity index is 1070. The van der Waals surface area contributed by atoms with Crippen LogP contribution in [-0.2, 0) is 6.61 Å². The number of hydrogen-bond donors (Lipinski definition) is 0. The quantitative estimate of drug-likeness (QED) is 0.366. The molecule has 0 aliphatic rings. The Kier molecular flexibility index (Phi) is 6.71. The Hall–Kier alpha value is -4.07. The Morgan fingerprint density at radius 2 is 1.55 bits per heavy atom. The van der Waals surface area contributed by atoms with Crippen molar-refractivity contribution in [2.75, 3.05) is 21.3 Å². The van der Waals surface area contributed by atoms with E-state index in [9.17, 15) is 10.1 Å². The molecule has 0 atom stereocenters. The summed E-state index contributed by atoms with van der Waals surface area (Å²) in [5.74, 6) is 1.91. The molecule has 0 saturated heterocycles. The van der Waals surface area contributed by atoms with Crippen LogP contribution < -0.4 is 18.9 Å². The van der Waals surface area contributed by atoms with E-state index in [2.05, 4.69) is 11.6 Å². The Morgan fingerprint density at radius 3 is 2.10 bits per heavy atom. The van der Waals surface area contributed by atoms with Crippen molar-refractivity contribution in [3.63, 3.8) is 0 Å². The van der Waals surface area contributed by atoms with Gasteiger partial charge in [-0.25, -0.2) is 0 Å². The first-order valence-corrected chi connectivity index (χ1v) is 9.29. The van der Waals surface area contributed by atoms with Crippen molar-refractivity contribution in [1.29, 1.82) is 0 Å². The monoisotopic (exact) mass is 422 g/mol. The van der Waals surface area contributed by atoms with Crippen molar-refractivity contribution >= 4 is 11.3 Å². The van der Waals surface area contributed by atoms with Crippen molar-refractivity contribution in [2.24, 2.45) is 0 Å². The Balaban J connectivity index is 1.84. The normalized spacial score (nSPS) is 10.3. The van der Waals surface area contributed by atoms with E-state index in [-0.39, 0.29) is 12.3 Å². The zero-order valence-electron chi connectivity index (χ0n) is 17.5. The maximum Gasteiger partial charge on any atom is 0.269 e. The number of pyridine rings is 1. The van der Waals surface area contributed by atoms with E-state index in [1.165, 1.54) is 26.4 Å². The standard InChI is InChI=1S/C23H22N2O6/c1-15(18-12-22(29-3)24-23(13-18)30-4)17-7-10-20(28-2)21(11-17)31-14-16-5-8-19(9-6-16)25(26)27/h5-13H,1,14H2,2-4H3. The second-order valence-electron chi connectivity index (χ2n) is 6.50. The third-order valence-corrected chi connectivity index (χ3v) is 4.60. The van der Waals surface area contributed by atoms with Crippen LogP contribution in [-0.4, -0.2) is 31.2 Å². The van der Waals surface area contributed by atoms with Crippen molar-refractivity contribution in [3.05, 3.63) is 88.0 Å². The molecule has 0 fully saturated rings. The Morgan fingerprint density at radius 1 is 0.903 bits per heavy atom. The molecule has 8 nitrogen and oxygen atoms in total. The molecule has 0 amide bonds. The van der Waals surface area contributed by atoms with Gasteiger partial charge in [0, 0.05) is 24.3 Å². The first kappa shape index (κ1) is 21.6. The van der Waals surface area contributed by atoms with Crippen LogP contribution in [0.15, 0.2) is 61.2 Å². The molecule has 1 aromatic heterocycles. The second kappa shape index (κ2) is 9.62. The molecule has 1 heterocycles. The first-order chi connectivity index (χ1) is 14.9. The van der Waals surface area contributed by atoms with Crippen LogP contribution in [0, 0.1) is 10.1 Å². The fourth-order valence-electron chi connectivity index (χ4n) is 2.88. The van der Waals surface area contributed by atoms with E-state index < -0.39 is 4.92 Å². The molecule has 3 rings (SSSR count). The summed E-state index contributed by atoms with van der Waals surface area (Å²) in [5.41, 5.74) is 3.15. The van der Waals surface area contributed by atoms with Crippen molar-refractivity contribution in [3.8, 4) is 23.3 Å². The van der Waals surface area contributed by atoms with Crippen LogP contribution in [0.1, 0.15) is 16.7 Å². The number of nitro groups is 1. The number of nitrogens with zero attached hydrogens (tertiary/aromatic N) is 2. The molecule has 2 aromatic carbocycles. The number of benzene rings is 2. The largest absolute Gasteiger partial charge is 0.493 e. The summed E-state index contributed by atoms with van der Waals surface area (Å²) in [5, 5.41) is 10.8. The minimum Gasteiger partial charge on any atom is -0.493 e. The summed E-state index contributed by atoms with van der Waals surface area (Å²) in [6.07, 6.45) is 0. The van der Waals surface area contributed by atoms with Crippen molar-refractivity contribution < 1.29 is 23.9 Å². The fraction of sp³-hybridized carbons (Fsp3) is 0.174. The lowest BCUT2D eigenvalue weighted by Crippen LogP contribution is -2.00. The van der Waals surface area contributed by atoms with Crippen molar-refractivity contribution in [2.45, 2.75) is 6.61 Å². The number of non-ortho nitro benzene ring substituents is 1. The third-order valence-electron chi connectivity index (χ3n) is 4.60. The SMILES string of the molecule is C=C(c1cc(OC)nc(OC)c1)c1ccc(OC)c(OCc2ccc([N+](=O)[O-])cc2)c1. The van der Waals surface area contributed by atoms with Gasteiger partial charge < -0.3 is 18.9 Å². The van der Waals surface area contributed by atoms with Gasteiger partial charge >= 0.3 is 0 Å². The topological polar surface area (TPSA) is 93.0 Å². The van der Waals surface area contributed by atoms with Crippen molar-refractivity contribution in [1.82, 2.24) is 4.98 Å². The maximum atomic E-state index is 10.8. The van der Waals surface area contributed by atoms with Gasteiger partial charge in [0.15, 0.2) is 11.5 Å². The van der Waals surface area contributed by atoms with Crippen LogP contribution in [0.25, 0.3) is 5.57 Å². The van der Waals surface area contributed by atoms with E-state index in [0.717, 1.165) is 22.3 Å². The molecule has 0 bridgehead atoms. The molecular weight excluding hydrogens is 400 g/mol. The summed E-state index contributed by atoms with van der Waals surface area (Å²) >= 11 is 0. The molecule has 0 aliphatic carbocycles. The molecule has 0 saturated carbocycles. The minimum absolute atomic E-state index is 0.0304. The molecular formula is C23H22N2O6. The number of ether oxygens (including phenoxy) is 4. The molecule has 0 aliphatic heterocycles. The molecule has 31 heavy (non-hydrogen) atoms. The summed E-state index contributed by atoms with van der Waals surface area (Å²) in [7, 11) is 4.62. The molecule has 3 aromatic rings. The molecule has 0 radical (unpaired) electrons. The summed E-state index contributed by atoms with van der Waals surface area (Å²) in [6.45, 7) is 4.41. The van der Waals surface area contributed by atoms with Crippen LogP contribution >= 0.6 is 0 Å². The lowest BCUT2D eigenvalue weighted by atomic mass is 10.00. The summed E-state index contributed by atoms with van der Waals surface area (Å²) in [6, 6.07) is 15.2. The second-order valence-corrected chi connectivity index (χ2v) is 6.50. The van der Waals surface area contributed by atoms with Crippen LogP contribution in [0.3, 0.4) is 0 Å². The molecule has 0 unspecified atom stereocenters. The number of methoxy groups -OCH3 is 3.